The number of rotatable bonds is 4. The Balaban J connectivity index is 1.58. The first-order valence-corrected chi connectivity index (χ1v) is 6.65. The van der Waals surface area contributed by atoms with Gasteiger partial charge in [-0.25, -0.2) is 0 Å². The van der Waals surface area contributed by atoms with Crippen molar-refractivity contribution >= 4 is 5.91 Å². The molecule has 5 heteroatoms. The van der Waals surface area contributed by atoms with Crippen molar-refractivity contribution in [2.75, 3.05) is 59.0 Å². The largest absolute Gasteiger partial charge is 0.378 e. The van der Waals surface area contributed by atoms with Gasteiger partial charge in [-0.15, -0.1) is 0 Å². The summed E-state index contributed by atoms with van der Waals surface area (Å²) >= 11 is 0. The number of carbonyl (C=O) groups is 1. The SMILES string of the molecule is O=C(CCCN1CCNCC1)N1CCOCC1. The monoisotopic (exact) mass is 241 g/mol. The number of nitrogens with one attached hydrogen (secondary N) is 1. The van der Waals surface area contributed by atoms with Crippen LogP contribution in [0, 0.1) is 0 Å². The molecule has 2 aliphatic rings. The first-order valence-electron chi connectivity index (χ1n) is 6.65. The van der Waals surface area contributed by atoms with Crippen molar-refractivity contribution in [3.63, 3.8) is 0 Å². The standard InChI is InChI=1S/C12H23N3O2/c16-12(15-8-10-17-11-9-15)2-1-5-14-6-3-13-4-7-14/h13H,1-11H2. The summed E-state index contributed by atoms with van der Waals surface area (Å²) in [6, 6.07) is 0. The van der Waals surface area contributed by atoms with E-state index in [9.17, 15) is 4.79 Å². The zero-order chi connectivity index (χ0) is 11.9. The van der Waals surface area contributed by atoms with Gasteiger partial charge in [-0.05, 0) is 13.0 Å². The van der Waals surface area contributed by atoms with Crippen LogP contribution in [0.1, 0.15) is 12.8 Å². The minimum atomic E-state index is 0.295. The van der Waals surface area contributed by atoms with Crippen LogP contribution in [0.25, 0.3) is 0 Å². The third kappa shape index (κ3) is 4.26. The molecule has 0 spiro atoms. The Morgan fingerprint density at radius 1 is 1.12 bits per heavy atom. The molecule has 1 amide bonds. The Kier molecular flexibility index (Phi) is 5.22. The highest BCUT2D eigenvalue weighted by Crippen LogP contribution is 2.04. The van der Waals surface area contributed by atoms with Crippen LogP contribution in [-0.4, -0.2) is 74.7 Å². The molecule has 0 aromatic carbocycles. The molecule has 0 aromatic rings. The number of ether oxygens (including phenoxy) is 1. The molecule has 2 aliphatic heterocycles. The zero-order valence-corrected chi connectivity index (χ0v) is 10.5. The molecule has 0 aliphatic carbocycles. The highest BCUT2D eigenvalue weighted by molar-refractivity contribution is 5.76. The van der Waals surface area contributed by atoms with Gasteiger partial charge < -0.3 is 19.9 Å². The van der Waals surface area contributed by atoms with E-state index in [0.29, 0.717) is 25.5 Å². The summed E-state index contributed by atoms with van der Waals surface area (Å²) in [6.45, 7) is 8.38. The Bertz CT molecular complexity index is 236. The fourth-order valence-corrected chi connectivity index (χ4v) is 2.36. The molecule has 17 heavy (non-hydrogen) atoms. The predicted molar refractivity (Wildman–Crippen MR) is 65.9 cm³/mol. The van der Waals surface area contributed by atoms with E-state index in [1.165, 1.54) is 0 Å². The normalized spacial score (nSPS) is 22.7. The molecule has 0 bridgehead atoms. The summed E-state index contributed by atoms with van der Waals surface area (Å²) in [7, 11) is 0. The average molecular weight is 241 g/mol. The molecular formula is C12H23N3O2. The van der Waals surface area contributed by atoms with Crippen molar-refractivity contribution in [1.82, 2.24) is 15.1 Å². The van der Waals surface area contributed by atoms with Crippen LogP contribution < -0.4 is 5.32 Å². The van der Waals surface area contributed by atoms with Crippen molar-refractivity contribution < 1.29 is 9.53 Å². The van der Waals surface area contributed by atoms with Crippen molar-refractivity contribution in [3.8, 4) is 0 Å². The van der Waals surface area contributed by atoms with Crippen LogP contribution in [-0.2, 0) is 9.53 Å². The third-order valence-corrected chi connectivity index (χ3v) is 3.44. The molecule has 2 heterocycles. The maximum absolute atomic E-state index is 11.9. The van der Waals surface area contributed by atoms with Gasteiger partial charge in [0, 0.05) is 45.7 Å². The summed E-state index contributed by atoms with van der Waals surface area (Å²) in [5.41, 5.74) is 0. The second kappa shape index (κ2) is 6.93. The predicted octanol–water partition coefficient (Wildman–Crippen LogP) is -0.469. The van der Waals surface area contributed by atoms with Crippen molar-refractivity contribution in [2.45, 2.75) is 12.8 Å². The summed E-state index contributed by atoms with van der Waals surface area (Å²) in [6.07, 6.45) is 1.67. The van der Waals surface area contributed by atoms with E-state index in [4.69, 9.17) is 4.74 Å². The number of hydrogen-bond acceptors (Lipinski definition) is 4. The Hall–Kier alpha value is -0.650. The van der Waals surface area contributed by atoms with E-state index in [-0.39, 0.29) is 0 Å². The summed E-state index contributed by atoms with van der Waals surface area (Å²) in [4.78, 5) is 16.2. The average Bonchev–Trinajstić information content (AvgIpc) is 2.41. The number of nitrogens with zero attached hydrogens (tertiary/aromatic N) is 2. The van der Waals surface area contributed by atoms with Crippen molar-refractivity contribution in [2.24, 2.45) is 0 Å². The lowest BCUT2D eigenvalue weighted by molar-refractivity contribution is -0.135. The minimum Gasteiger partial charge on any atom is -0.378 e. The van der Waals surface area contributed by atoms with Gasteiger partial charge in [-0.1, -0.05) is 0 Å². The van der Waals surface area contributed by atoms with Gasteiger partial charge in [0.25, 0.3) is 0 Å². The maximum Gasteiger partial charge on any atom is 0.222 e. The summed E-state index contributed by atoms with van der Waals surface area (Å²) in [5.74, 6) is 0.295. The van der Waals surface area contributed by atoms with Gasteiger partial charge in [0.15, 0.2) is 0 Å². The highest BCUT2D eigenvalue weighted by Gasteiger charge is 2.16. The molecule has 0 aromatic heterocycles. The van der Waals surface area contributed by atoms with Crippen molar-refractivity contribution in [1.29, 1.82) is 0 Å². The highest BCUT2D eigenvalue weighted by atomic mass is 16.5. The maximum atomic E-state index is 11.9. The molecule has 98 valence electrons. The van der Waals surface area contributed by atoms with Crippen molar-refractivity contribution in [3.05, 3.63) is 0 Å². The lowest BCUT2D eigenvalue weighted by Gasteiger charge is -2.29. The second-order valence-electron chi connectivity index (χ2n) is 4.69. The van der Waals surface area contributed by atoms with Crippen LogP contribution in [0.15, 0.2) is 0 Å². The van der Waals surface area contributed by atoms with E-state index in [1.54, 1.807) is 0 Å². The van der Waals surface area contributed by atoms with Gasteiger partial charge >= 0.3 is 0 Å². The number of morpholine rings is 1. The minimum absolute atomic E-state index is 0.295. The van der Waals surface area contributed by atoms with Gasteiger partial charge in [0.05, 0.1) is 13.2 Å². The fraction of sp³-hybridized carbons (Fsp3) is 0.917. The van der Waals surface area contributed by atoms with Crippen LogP contribution in [0.3, 0.4) is 0 Å². The number of amides is 1. The fourth-order valence-electron chi connectivity index (χ4n) is 2.36. The second-order valence-corrected chi connectivity index (χ2v) is 4.69. The van der Waals surface area contributed by atoms with Gasteiger partial charge in [-0.2, -0.15) is 0 Å². The molecule has 2 saturated heterocycles. The van der Waals surface area contributed by atoms with E-state index < -0.39 is 0 Å². The molecular weight excluding hydrogens is 218 g/mol. The van der Waals surface area contributed by atoms with E-state index in [2.05, 4.69) is 10.2 Å². The molecule has 5 nitrogen and oxygen atoms in total. The number of carbonyl (C=O) groups excluding carboxylic acids is 1. The molecule has 2 fully saturated rings. The molecule has 1 N–H and O–H groups in total. The van der Waals surface area contributed by atoms with Gasteiger partial charge in [-0.3, -0.25) is 4.79 Å². The number of hydrogen-bond donors (Lipinski definition) is 1. The van der Waals surface area contributed by atoms with Gasteiger partial charge in [0.1, 0.15) is 0 Å². The quantitative estimate of drug-likeness (QED) is 0.723. The van der Waals surface area contributed by atoms with E-state index in [1.807, 2.05) is 4.90 Å². The smallest absolute Gasteiger partial charge is 0.222 e. The molecule has 2 rings (SSSR count). The van der Waals surface area contributed by atoms with Gasteiger partial charge in [0.2, 0.25) is 5.91 Å². The Morgan fingerprint density at radius 3 is 2.53 bits per heavy atom. The van der Waals surface area contributed by atoms with Crippen LogP contribution in [0.4, 0.5) is 0 Å². The lowest BCUT2D eigenvalue weighted by atomic mass is 10.2. The van der Waals surface area contributed by atoms with E-state index in [0.717, 1.165) is 52.2 Å². The Morgan fingerprint density at radius 2 is 1.82 bits per heavy atom. The van der Waals surface area contributed by atoms with Crippen LogP contribution in [0.5, 0.6) is 0 Å². The molecule has 0 radical (unpaired) electrons. The summed E-state index contributed by atoms with van der Waals surface area (Å²) < 4.78 is 5.24. The molecule has 0 unspecified atom stereocenters. The Labute approximate surface area is 103 Å². The lowest BCUT2D eigenvalue weighted by Crippen LogP contribution is -2.44. The molecule has 0 atom stereocenters. The number of piperazine rings is 1. The third-order valence-electron chi connectivity index (χ3n) is 3.44. The zero-order valence-electron chi connectivity index (χ0n) is 10.5. The van der Waals surface area contributed by atoms with Crippen LogP contribution in [0.2, 0.25) is 0 Å². The first kappa shape index (κ1) is 12.8. The first-order chi connectivity index (χ1) is 8.36. The molecule has 0 saturated carbocycles. The van der Waals surface area contributed by atoms with Crippen LogP contribution >= 0.6 is 0 Å². The summed E-state index contributed by atoms with van der Waals surface area (Å²) in [5, 5.41) is 3.33. The van der Waals surface area contributed by atoms with E-state index >= 15 is 0 Å². The topological polar surface area (TPSA) is 44.8 Å².